The largest absolute Gasteiger partial charge is 0.361 e. The Morgan fingerprint density at radius 1 is 1.35 bits per heavy atom. The van der Waals surface area contributed by atoms with E-state index in [-0.39, 0.29) is 18.4 Å². The normalized spacial score (nSPS) is 12.2. The Bertz CT molecular complexity index is 585. The summed E-state index contributed by atoms with van der Waals surface area (Å²) in [5.41, 5.74) is 2.63. The van der Waals surface area contributed by atoms with Crippen LogP contribution in [0.5, 0.6) is 0 Å². The zero-order valence-electron chi connectivity index (χ0n) is 11.7. The van der Waals surface area contributed by atoms with Gasteiger partial charge in [-0.1, -0.05) is 28.9 Å². The predicted molar refractivity (Wildman–Crippen MR) is 77.7 cm³/mol. The first-order valence-corrected chi connectivity index (χ1v) is 6.81. The third kappa shape index (κ3) is 3.39. The van der Waals surface area contributed by atoms with Crippen LogP contribution in [0.3, 0.4) is 0 Å². The number of nitrogens with one attached hydrogen (secondary N) is 1. The number of aryl methyl sites for hydroxylation is 2. The number of hydrogen-bond acceptors (Lipinski definition) is 3. The molecular formula is C15H17ClN2O2. The molecule has 1 aromatic carbocycles. The lowest BCUT2D eigenvalue weighted by Gasteiger charge is -2.14. The van der Waals surface area contributed by atoms with Crippen LogP contribution >= 0.6 is 11.6 Å². The summed E-state index contributed by atoms with van der Waals surface area (Å²) < 4.78 is 5.05. The molecule has 2 rings (SSSR count). The quantitative estimate of drug-likeness (QED) is 0.940. The third-order valence-electron chi connectivity index (χ3n) is 3.27. The molecule has 106 valence electrons. The van der Waals surface area contributed by atoms with Crippen molar-refractivity contribution < 1.29 is 9.32 Å². The van der Waals surface area contributed by atoms with Crippen LogP contribution in [0, 0.1) is 13.8 Å². The van der Waals surface area contributed by atoms with Crippen LogP contribution in [0.25, 0.3) is 0 Å². The van der Waals surface area contributed by atoms with Crippen molar-refractivity contribution in [1.29, 1.82) is 0 Å². The van der Waals surface area contributed by atoms with Gasteiger partial charge in [0.2, 0.25) is 5.91 Å². The molecule has 0 aliphatic rings. The van der Waals surface area contributed by atoms with Gasteiger partial charge in [-0.05, 0) is 38.5 Å². The number of benzene rings is 1. The van der Waals surface area contributed by atoms with E-state index in [9.17, 15) is 4.79 Å². The summed E-state index contributed by atoms with van der Waals surface area (Å²) in [7, 11) is 0. The first-order chi connectivity index (χ1) is 9.47. The second-order valence-corrected chi connectivity index (χ2v) is 5.26. The third-order valence-corrected chi connectivity index (χ3v) is 3.52. The zero-order valence-corrected chi connectivity index (χ0v) is 12.5. The Morgan fingerprint density at radius 2 is 2.00 bits per heavy atom. The highest BCUT2D eigenvalue weighted by molar-refractivity contribution is 6.30. The van der Waals surface area contributed by atoms with E-state index < -0.39 is 0 Å². The Labute approximate surface area is 123 Å². The monoisotopic (exact) mass is 292 g/mol. The molecule has 1 unspecified atom stereocenters. The molecule has 1 aromatic heterocycles. The topological polar surface area (TPSA) is 55.1 Å². The number of halogens is 1. The van der Waals surface area contributed by atoms with Crippen LogP contribution in [0.1, 0.15) is 35.5 Å². The molecule has 0 aliphatic carbocycles. The molecule has 0 saturated carbocycles. The summed E-state index contributed by atoms with van der Waals surface area (Å²) in [5.74, 6) is 0.638. The fourth-order valence-corrected chi connectivity index (χ4v) is 2.17. The maximum absolute atomic E-state index is 12.1. The van der Waals surface area contributed by atoms with E-state index >= 15 is 0 Å². The number of nitrogens with zero attached hydrogens (tertiary/aromatic N) is 1. The van der Waals surface area contributed by atoms with Gasteiger partial charge in [-0.3, -0.25) is 4.79 Å². The molecule has 0 radical (unpaired) electrons. The van der Waals surface area contributed by atoms with Gasteiger partial charge >= 0.3 is 0 Å². The van der Waals surface area contributed by atoms with E-state index in [1.807, 2.05) is 45.0 Å². The minimum atomic E-state index is -0.0692. The average Bonchev–Trinajstić information content (AvgIpc) is 2.71. The lowest BCUT2D eigenvalue weighted by Crippen LogP contribution is -2.28. The molecular weight excluding hydrogens is 276 g/mol. The van der Waals surface area contributed by atoms with Gasteiger partial charge in [0.05, 0.1) is 18.2 Å². The van der Waals surface area contributed by atoms with Crippen LogP contribution in [-0.4, -0.2) is 11.1 Å². The number of carbonyl (C=O) groups excluding carboxylic acids is 1. The van der Waals surface area contributed by atoms with Gasteiger partial charge in [0.15, 0.2) is 0 Å². The highest BCUT2D eigenvalue weighted by Gasteiger charge is 2.15. The first kappa shape index (κ1) is 14.6. The van der Waals surface area contributed by atoms with Crippen molar-refractivity contribution in [2.24, 2.45) is 0 Å². The van der Waals surface area contributed by atoms with E-state index in [1.54, 1.807) is 0 Å². The molecule has 4 nitrogen and oxygen atoms in total. The summed E-state index contributed by atoms with van der Waals surface area (Å²) >= 11 is 5.85. The van der Waals surface area contributed by atoms with E-state index in [0.29, 0.717) is 10.8 Å². The second-order valence-electron chi connectivity index (χ2n) is 4.82. The Hall–Kier alpha value is -1.81. The molecule has 5 heteroatoms. The van der Waals surface area contributed by atoms with Crippen LogP contribution < -0.4 is 5.32 Å². The Balaban J connectivity index is 1.99. The van der Waals surface area contributed by atoms with Gasteiger partial charge in [0.1, 0.15) is 5.76 Å². The highest BCUT2D eigenvalue weighted by atomic mass is 35.5. The maximum Gasteiger partial charge on any atom is 0.225 e. The van der Waals surface area contributed by atoms with Crippen LogP contribution in [0.15, 0.2) is 28.8 Å². The summed E-state index contributed by atoms with van der Waals surface area (Å²) in [6.07, 6.45) is 0.277. The zero-order chi connectivity index (χ0) is 14.7. The molecule has 0 aliphatic heterocycles. The fourth-order valence-electron chi connectivity index (χ4n) is 2.04. The van der Waals surface area contributed by atoms with Crippen molar-refractivity contribution in [3.63, 3.8) is 0 Å². The Morgan fingerprint density at radius 3 is 2.55 bits per heavy atom. The molecule has 20 heavy (non-hydrogen) atoms. The molecule has 0 saturated heterocycles. The van der Waals surface area contributed by atoms with Crippen molar-refractivity contribution in [3.8, 4) is 0 Å². The SMILES string of the molecule is Cc1noc(C)c1CC(=O)NC(C)c1ccc(Cl)cc1. The van der Waals surface area contributed by atoms with E-state index in [2.05, 4.69) is 10.5 Å². The summed E-state index contributed by atoms with van der Waals surface area (Å²) in [4.78, 5) is 12.1. The molecule has 1 atom stereocenters. The number of aromatic nitrogens is 1. The standard InChI is InChI=1S/C15H17ClN2O2/c1-9(12-4-6-13(16)7-5-12)17-15(19)8-14-10(2)18-20-11(14)3/h4-7,9H,8H2,1-3H3,(H,17,19). The summed E-state index contributed by atoms with van der Waals surface area (Å²) in [6.45, 7) is 5.58. The van der Waals surface area contributed by atoms with Gasteiger partial charge in [0.25, 0.3) is 0 Å². The Kier molecular flexibility index (Phi) is 4.45. The van der Waals surface area contributed by atoms with Crippen molar-refractivity contribution in [2.45, 2.75) is 33.2 Å². The molecule has 0 fully saturated rings. The van der Waals surface area contributed by atoms with Crippen molar-refractivity contribution in [3.05, 3.63) is 51.9 Å². The number of rotatable bonds is 4. The lowest BCUT2D eigenvalue weighted by atomic mass is 10.1. The maximum atomic E-state index is 12.1. The van der Waals surface area contributed by atoms with Crippen LogP contribution in [-0.2, 0) is 11.2 Å². The van der Waals surface area contributed by atoms with Gasteiger partial charge in [-0.15, -0.1) is 0 Å². The number of amides is 1. The van der Waals surface area contributed by atoms with Crippen molar-refractivity contribution >= 4 is 17.5 Å². The van der Waals surface area contributed by atoms with E-state index in [4.69, 9.17) is 16.1 Å². The molecule has 0 bridgehead atoms. The molecule has 0 spiro atoms. The van der Waals surface area contributed by atoms with Crippen molar-refractivity contribution in [1.82, 2.24) is 10.5 Å². The number of hydrogen-bond donors (Lipinski definition) is 1. The lowest BCUT2D eigenvalue weighted by molar-refractivity contribution is -0.121. The second kappa shape index (κ2) is 6.09. The smallest absolute Gasteiger partial charge is 0.225 e. The predicted octanol–water partition coefficient (Wildman–Crippen LogP) is 3.36. The van der Waals surface area contributed by atoms with Gasteiger partial charge in [-0.25, -0.2) is 0 Å². The highest BCUT2D eigenvalue weighted by Crippen LogP contribution is 2.17. The molecule has 1 heterocycles. The van der Waals surface area contributed by atoms with Gasteiger partial charge in [0, 0.05) is 10.6 Å². The molecule has 1 amide bonds. The first-order valence-electron chi connectivity index (χ1n) is 6.44. The molecule has 2 aromatic rings. The fraction of sp³-hybridized carbons (Fsp3) is 0.333. The minimum absolute atomic E-state index is 0.0538. The van der Waals surface area contributed by atoms with Crippen LogP contribution in [0.2, 0.25) is 5.02 Å². The summed E-state index contributed by atoms with van der Waals surface area (Å²) in [6, 6.07) is 7.37. The van der Waals surface area contributed by atoms with Gasteiger partial charge < -0.3 is 9.84 Å². The number of carbonyl (C=O) groups is 1. The van der Waals surface area contributed by atoms with E-state index in [0.717, 1.165) is 16.8 Å². The minimum Gasteiger partial charge on any atom is -0.361 e. The van der Waals surface area contributed by atoms with Crippen LogP contribution in [0.4, 0.5) is 0 Å². The van der Waals surface area contributed by atoms with Crippen molar-refractivity contribution in [2.75, 3.05) is 0 Å². The van der Waals surface area contributed by atoms with Gasteiger partial charge in [-0.2, -0.15) is 0 Å². The average molecular weight is 293 g/mol. The summed E-state index contributed by atoms with van der Waals surface area (Å²) in [5, 5.41) is 7.49. The molecule has 1 N–H and O–H groups in total. The van der Waals surface area contributed by atoms with E-state index in [1.165, 1.54) is 0 Å².